The summed E-state index contributed by atoms with van der Waals surface area (Å²) in [5, 5.41) is 6.06. The zero-order valence-corrected chi connectivity index (χ0v) is 10.8. The van der Waals surface area contributed by atoms with Gasteiger partial charge in [-0.15, -0.1) is 12.4 Å². The molecule has 0 aliphatic carbocycles. The van der Waals surface area contributed by atoms with Crippen molar-refractivity contribution >= 4 is 18.3 Å². The fourth-order valence-electron chi connectivity index (χ4n) is 1.14. The summed E-state index contributed by atoms with van der Waals surface area (Å²) >= 11 is 0. The fraction of sp³-hybridized carbons (Fsp3) is 0.900. The highest BCUT2D eigenvalue weighted by atomic mass is 35.5. The van der Waals surface area contributed by atoms with E-state index in [9.17, 15) is 4.79 Å². The Morgan fingerprint density at radius 3 is 2.44 bits per heavy atom. The van der Waals surface area contributed by atoms with Gasteiger partial charge >= 0.3 is 0 Å². The van der Waals surface area contributed by atoms with Crippen molar-refractivity contribution in [3.8, 4) is 0 Å². The molecule has 0 aliphatic heterocycles. The van der Waals surface area contributed by atoms with Crippen LogP contribution >= 0.6 is 12.4 Å². The largest absolute Gasteiger partial charge is 0.375 e. The van der Waals surface area contributed by atoms with E-state index in [1.54, 1.807) is 0 Å². The van der Waals surface area contributed by atoms with Gasteiger partial charge in [0.25, 0.3) is 0 Å². The summed E-state index contributed by atoms with van der Waals surface area (Å²) in [6.07, 6.45) is 3.08. The topological polar surface area (TPSA) is 76.4 Å². The van der Waals surface area contributed by atoms with Crippen molar-refractivity contribution in [3.05, 3.63) is 0 Å². The Kier molecular flexibility index (Phi) is 16.5. The highest BCUT2D eigenvalue weighted by molar-refractivity contribution is 5.85. The van der Waals surface area contributed by atoms with Crippen molar-refractivity contribution in [2.24, 2.45) is 5.73 Å². The van der Waals surface area contributed by atoms with Crippen LogP contribution in [0.15, 0.2) is 0 Å². The van der Waals surface area contributed by atoms with E-state index in [0.29, 0.717) is 0 Å². The molecule has 0 saturated heterocycles. The van der Waals surface area contributed by atoms with Crippen LogP contribution in [-0.4, -0.2) is 45.8 Å². The third-order valence-electron chi connectivity index (χ3n) is 1.94. The number of methoxy groups -OCH3 is 1. The number of ether oxygens (including phenoxy) is 1. The van der Waals surface area contributed by atoms with Gasteiger partial charge in [0.2, 0.25) is 5.91 Å². The van der Waals surface area contributed by atoms with E-state index in [4.69, 9.17) is 5.73 Å². The second-order valence-corrected chi connectivity index (χ2v) is 3.38. The summed E-state index contributed by atoms with van der Waals surface area (Å²) in [4.78, 5) is 11.0. The van der Waals surface area contributed by atoms with Gasteiger partial charge in [-0.3, -0.25) is 4.79 Å². The van der Waals surface area contributed by atoms with Crippen LogP contribution in [0.3, 0.4) is 0 Å². The Morgan fingerprint density at radius 1 is 1.19 bits per heavy atom. The molecule has 98 valence electrons. The first-order chi connectivity index (χ1) is 7.31. The van der Waals surface area contributed by atoms with E-state index < -0.39 is 0 Å². The molecule has 6 heteroatoms. The van der Waals surface area contributed by atoms with Crippen LogP contribution in [0.25, 0.3) is 0 Å². The molecule has 0 heterocycles. The maximum absolute atomic E-state index is 11.0. The molecule has 0 saturated carbocycles. The molecule has 0 aliphatic rings. The number of nitrogens with two attached hydrogens (primary N) is 1. The molecular formula is C10H24ClN3O2. The lowest BCUT2D eigenvalue weighted by molar-refractivity contribution is -0.124. The summed E-state index contributed by atoms with van der Waals surface area (Å²) < 4.78 is 4.69. The Balaban J connectivity index is 0. The van der Waals surface area contributed by atoms with Crippen molar-refractivity contribution in [1.29, 1.82) is 0 Å². The monoisotopic (exact) mass is 253 g/mol. The highest BCUT2D eigenvalue weighted by Gasteiger charge is 1.97. The van der Waals surface area contributed by atoms with Gasteiger partial charge in [0.05, 0.1) is 0 Å². The van der Waals surface area contributed by atoms with Gasteiger partial charge in [-0.1, -0.05) is 0 Å². The van der Waals surface area contributed by atoms with Crippen molar-refractivity contribution in [2.45, 2.75) is 19.3 Å². The van der Waals surface area contributed by atoms with Crippen LogP contribution in [0, 0.1) is 0 Å². The summed E-state index contributed by atoms with van der Waals surface area (Å²) in [5.41, 5.74) is 5.35. The van der Waals surface area contributed by atoms with Crippen LogP contribution in [0.2, 0.25) is 0 Å². The predicted molar refractivity (Wildman–Crippen MR) is 67.9 cm³/mol. The highest BCUT2D eigenvalue weighted by Crippen LogP contribution is 1.85. The van der Waals surface area contributed by atoms with Crippen LogP contribution in [0.4, 0.5) is 0 Å². The van der Waals surface area contributed by atoms with E-state index in [0.717, 1.165) is 45.4 Å². The van der Waals surface area contributed by atoms with Gasteiger partial charge in [0.15, 0.2) is 0 Å². The van der Waals surface area contributed by atoms with E-state index in [-0.39, 0.29) is 24.9 Å². The number of amides is 1. The van der Waals surface area contributed by atoms with Crippen molar-refractivity contribution in [2.75, 3.05) is 39.9 Å². The predicted octanol–water partition coefficient (Wildman–Crippen LogP) is -0.111. The number of hydrogen-bond donors (Lipinski definition) is 3. The molecule has 5 nitrogen and oxygen atoms in total. The number of nitrogens with one attached hydrogen (secondary N) is 2. The third-order valence-corrected chi connectivity index (χ3v) is 1.94. The first-order valence-corrected chi connectivity index (χ1v) is 5.47. The first-order valence-electron chi connectivity index (χ1n) is 5.47. The Hall–Kier alpha value is -0.360. The normalized spacial score (nSPS) is 9.62. The zero-order chi connectivity index (χ0) is 11.4. The minimum Gasteiger partial charge on any atom is -0.375 e. The number of rotatable bonds is 10. The molecule has 4 N–H and O–H groups in total. The zero-order valence-electron chi connectivity index (χ0n) is 9.96. The molecule has 16 heavy (non-hydrogen) atoms. The molecule has 0 atom stereocenters. The van der Waals surface area contributed by atoms with E-state index in [1.165, 1.54) is 7.11 Å². The van der Waals surface area contributed by atoms with Gasteiger partial charge in [-0.25, -0.2) is 0 Å². The molecule has 0 unspecified atom stereocenters. The van der Waals surface area contributed by atoms with Gasteiger partial charge < -0.3 is 21.1 Å². The SMILES string of the molecule is COCC(=O)NCCCCNCCCN.Cl. The quantitative estimate of drug-likeness (QED) is 0.475. The van der Waals surface area contributed by atoms with Crippen LogP contribution in [-0.2, 0) is 9.53 Å². The Labute approximate surface area is 104 Å². The summed E-state index contributed by atoms with van der Waals surface area (Å²) in [6, 6.07) is 0. The minimum absolute atomic E-state index is 0. The molecule has 0 bridgehead atoms. The standard InChI is InChI=1S/C10H23N3O2.ClH/c1-15-9-10(14)13-8-3-2-6-12-7-4-5-11;/h12H,2-9,11H2,1H3,(H,13,14);1H. The lowest BCUT2D eigenvalue weighted by Crippen LogP contribution is -2.28. The molecule has 0 aromatic heterocycles. The number of unbranched alkanes of at least 4 members (excludes halogenated alkanes) is 1. The first kappa shape index (κ1) is 18.0. The number of carbonyl (C=O) groups is 1. The molecule has 0 aromatic rings. The Morgan fingerprint density at radius 2 is 1.81 bits per heavy atom. The number of hydrogen-bond acceptors (Lipinski definition) is 4. The summed E-state index contributed by atoms with van der Waals surface area (Å²) in [5.74, 6) is -0.0476. The molecule has 0 fully saturated rings. The maximum atomic E-state index is 11.0. The minimum atomic E-state index is -0.0476. The molecule has 0 rings (SSSR count). The average Bonchev–Trinajstić information content (AvgIpc) is 2.22. The van der Waals surface area contributed by atoms with Gasteiger partial charge in [0, 0.05) is 13.7 Å². The smallest absolute Gasteiger partial charge is 0.245 e. The molecule has 0 aromatic carbocycles. The third kappa shape index (κ3) is 13.6. The van der Waals surface area contributed by atoms with Gasteiger partial charge in [-0.2, -0.15) is 0 Å². The number of halogens is 1. The van der Waals surface area contributed by atoms with Crippen LogP contribution in [0.5, 0.6) is 0 Å². The van der Waals surface area contributed by atoms with Crippen molar-refractivity contribution in [1.82, 2.24) is 10.6 Å². The second-order valence-electron chi connectivity index (χ2n) is 3.38. The van der Waals surface area contributed by atoms with Gasteiger partial charge in [0.1, 0.15) is 6.61 Å². The molecule has 1 amide bonds. The van der Waals surface area contributed by atoms with E-state index in [1.807, 2.05) is 0 Å². The van der Waals surface area contributed by atoms with E-state index in [2.05, 4.69) is 15.4 Å². The second kappa shape index (κ2) is 14.6. The van der Waals surface area contributed by atoms with Gasteiger partial charge in [-0.05, 0) is 38.9 Å². The fourth-order valence-corrected chi connectivity index (χ4v) is 1.14. The van der Waals surface area contributed by atoms with E-state index >= 15 is 0 Å². The summed E-state index contributed by atoms with van der Waals surface area (Å²) in [7, 11) is 1.51. The number of carbonyl (C=O) groups excluding carboxylic acids is 1. The van der Waals surface area contributed by atoms with Crippen LogP contribution in [0.1, 0.15) is 19.3 Å². The maximum Gasteiger partial charge on any atom is 0.245 e. The lowest BCUT2D eigenvalue weighted by Gasteiger charge is -2.05. The lowest BCUT2D eigenvalue weighted by atomic mass is 10.3. The van der Waals surface area contributed by atoms with Crippen LogP contribution < -0.4 is 16.4 Å². The molecule has 0 spiro atoms. The average molecular weight is 254 g/mol. The molecular weight excluding hydrogens is 230 g/mol. The molecule has 0 radical (unpaired) electrons. The van der Waals surface area contributed by atoms with Crippen molar-refractivity contribution < 1.29 is 9.53 Å². The van der Waals surface area contributed by atoms with Crippen molar-refractivity contribution in [3.63, 3.8) is 0 Å². The Bertz CT molecular complexity index is 159. The summed E-state index contributed by atoms with van der Waals surface area (Å²) in [6.45, 7) is 3.57.